The fraction of sp³-hybridized carbons (Fsp3) is 0.545. The summed E-state index contributed by atoms with van der Waals surface area (Å²) in [5.41, 5.74) is 0.178. The molecule has 0 N–H and O–H groups in total. The van der Waals surface area contributed by atoms with Gasteiger partial charge in [-0.3, -0.25) is 4.79 Å². The Hall–Kier alpha value is -1.65. The van der Waals surface area contributed by atoms with E-state index in [1.807, 2.05) is 0 Å². The first kappa shape index (κ1) is 14.3. The van der Waals surface area contributed by atoms with Crippen LogP contribution in [0.2, 0.25) is 0 Å². The van der Waals surface area contributed by atoms with Crippen LogP contribution >= 0.6 is 0 Å². The molecule has 5 nitrogen and oxygen atoms in total. The number of carbonyl (C=O) groups excluding carboxylic acids is 3. The number of esters is 2. The molecule has 0 aliphatic rings. The predicted molar refractivity (Wildman–Crippen MR) is 56.6 cm³/mol. The lowest BCUT2D eigenvalue weighted by molar-refractivity contribution is -0.154. The summed E-state index contributed by atoms with van der Waals surface area (Å²) in [5, 5.41) is 0. The summed E-state index contributed by atoms with van der Waals surface area (Å²) in [4.78, 5) is 34.2. The fourth-order valence-corrected chi connectivity index (χ4v) is 1.03. The van der Waals surface area contributed by atoms with Gasteiger partial charge in [-0.15, -0.1) is 0 Å². The summed E-state index contributed by atoms with van der Waals surface area (Å²) in [7, 11) is 0. The van der Waals surface area contributed by atoms with Crippen LogP contribution in [0.4, 0.5) is 0 Å². The van der Waals surface area contributed by atoms with Gasteiger partial charge in [0, 0.05) is 0 Å². The highest BCUT2D eigenvalue weighted by molar-refractivity contribution is 6.46. The van der Waals surface area contributed by atoms with Crippen LogP contribution in [0.15, 0.2) is 11.1 Å². The Balaban J connectivity index is 4.97. The molecule has 0 aliphatic heterocycles. The molecule has 0 fully saturated rings. The second-order valence-electron chi connectivity index (χ2n) is 3.15. The third kappa shape index (κ3) is 3.84. The molecule has 0 spiro atoms. The zero-order valence-electron chi connectivity index (χ0n) is 9.96. The summed E-state index contributed by atoms with van der Waals surface area (Å²) >= 11 is 0. The van der Waals surface area contributed by atoms with Gasteiger partial charge >= 0.3 is 11.9 Å². The number of rotatable bonds is 5. The summed E-state index contributed by atoms with van der Waals surface area (Å²) < 4.78 is 9.22. The van der Waals surface area contributed by atoms with E-state index in [9.17, 15) is 14.4 Å². The molecule has 16 heavy (non-hydrogen) atoms. The number of carbonyl (C=O) groups is 3. The first-order chi connectivity index (χ1) is 7.45. The van der Waals surface area contributed by atoms with Crippen LogP contribution in [0.5, 0.6) is 0 Å². The van der Waals surface area contributed by atoms with Crippen molar-refractivity contribution in [3.05, 3.63) is 11.1 Å². The molecule has 0 heterocycles. The van der Waals surface area contributed by atoms with Crippen LogP contribution in [0, 0.1) is 0 Å². The van der Waals surface area contributed by atoms with Gasteiger partial charge in [-0.2, -0.15) is 0 Å². The Morgan fingerprint density at radius 2 is 1.31 bits per heavy atom. The maximum Gasteiger partial charge on any atom is 0.379 e. The van der Waals surface area contributed by atoms with Gasteiger partial charge in [0.2, 0.25) is 0 Å². The molecule has 0 rings (SSSR count). The smallest absolute Gasteiger partial charge is 0.379 e. The topological polar surface area (TPSA) is 69.7 Å². The fourth-order valence-electron chi connectivity index (χ4n) is 1.03. The summed E-state index contributed by atoms with van der Waals surface area (Å²) in [6, 6.07) is 0. The van der Waals surface area contributed by atoms with E-state index >= 15 is 0 Å². The van der Waals surface area contributed by atoms with E-state index in [2.05, 4.69) is 9.47 Å². The minimum absolute atomic E-state index is 0.0867. The maximum absolute atomic E-state index is 11.6. The van der Waals surface area contributed by atoms with Gasteiger partial charge in [0.25, 0.3) is 5.78 Å². The molecule has 0 aromatic heterocycles. The number of allylic oxidation sites excluding steroid dienone is 1. The Morgan fingerprint density at radius 1 is 0.875 bits per heavy atom. The van der Waals surface area contributed by atoms with E-state index in [0.717, 1.165) is 0 Å². The van der Waals surface area contributed by atoms with Gasteiger partial charge in [-0.1, -0.05) is 5.57 Å². The Bertz CT molecular complexity index is 323. The number of Topliss-reactive ketones (excluding diaryl/α,β-unsaturated/α-hetero) is 1. The highest BCUT2D eigenvalue weighted by Gasteiger charge is 2.28. The second kappa shape index (κ2) is 6.76. The molecule has 0 amide bonds. The zero-order chi connectivity index (χ0) is 12.7. The Labute approximate surface area is 94.4 Å². The molecular formula is C11H16O5. The number of ketones is 1. The molecule has 0 radical (unpaired) electrons. The van der Waals surface area contributed by atoms with Crippen molar-refractivity contribution < 1.29 is 23.9 Å². The van der Waals surface area contributed by atoms with Crippen molar-refractivity contribution in [2.75, 3.05) is 13.2 Å². The van der Waals surface area contributed by atoms with Crippen molar-refractivity contribution >= 4 is 17.7 Å². The van der Waals surface area contributed by atoms with Crippen molar-refractivity contribution in [1.29, 1.82) is 0 Å². The maximum atomic E-state index is 11.6. The highest BCUT2D eigenvalue weighted by Crippen LogP contribution is 2.08. The van der Waals surface area contributed by atoms with E-state index in [4.69, 9.17) is 0 Å². The minimum Gasteiger partial charge on any atom is -0.462 e. The molecule has 0 saturated carbocycles. The molecule has 0 bridgehead atoms. The van der Waals surface area contributed by atoms with Gasteiger partial charge in [-0.05, 0) is 27.7 Å². The second-order valence-corrected chi connectivity index (χ2v) is 3.15. The average Bonchev–Trinajstić information content (AvgIpc) is 2.17. The molecule has 0 aliphatic carbocycles. The number of hydrogen-bond acceptors (Lipinski definition) is 5. The normalized spacial score (nSPS) is 9.25. The molecule has 5 heteroatoms. The van der Waals surface area contributed by atoms with Crippen molar-refractivity contribution in [3.8, 4) is 0 Å². The van der Waals surface area contributed by atoms with Crippen LogP contribution in [-0.4, -0.2) is 30.9 Å². The number of ether oxygens (including phenoxy) is 2. The molecule has 0 unspecified atom stereocenters. The van der Waals surface area contributed by atoms with Gasteiger partial charge in [0.05, 0.1) is 13.2 Å². The lowest BCUT2D eigenvalue weighted by Crippen LogP contribution is -2.26. The molecule has 0 aromatic carbocycles. The molecule has 0 aromatic rings. The lowest BCUT2D eigenvalue weighted by Gasteiger charge is -2.07. The molecule has 90 valence electrons. The van der Waals surface area contributed by atoms with E-state index < -0.39 is 17.7 Å². The van der Waals surface area contributed by atoms with Gasteiger partial charge < -0.3 is 9.47 Å². The first-order valence-electron chi connectivity index (χ1n) is 5.01. The van der Waals surface area contributed by atoms with E-state index in [-0.39, 0.29) is 18.8 Å². The van der Waals surface area contributed by atoms with Crippen LogP contribution < -0.4 is 0 Å². The summed E-state index contributed by atoms with van der Waals surface area (Å²) in [5.74, 6) is -2.78. The number of hydrogen-bond donors (Lipinski definition) is 0. The van der Waals surface area contributed by atoms with Crippen LogP contribution in [0.1, 0.15) is 27.7 Å². The summed E-state index contributed by atoms with van der Waals surface area (Å²) in [6.45, 7) is 6.55. The quantitative estimate of drug-likeness (QED) is 0.231. The minimum atomic E-state index is -1.04. The van der Waals surface area contributed by atoms with Crippen LogP contribution in [-0.2, 0) is 23.9 Å². The van der Waals surface area contributed by atoms with Gasteiger partial charge in [0.1, 0.15) is 5.57 Å². The predicted octanol–water partition coefficient (Wildman–Crippen LogP) is 1.02. The monoisotopic (exact) mass is 228 g/mol. The van der Waals surface area contributed by atoms with E-state index in [1.165, 1.54) is 0 Å². The average molecular weight is 228 g/mol. The SMILES string of the molecule is CCOC(=O)C(=O)C(C(=O)OCC)=C(C)C. The van der Waals surface area contributed by atoms with E-state index in [1.54, 1.807) is 27.7 Å². The van der Waals surface area contributed by atoms with Gasteiger partial charge in [-0.25, -0.2) is 9.59 Å². The van der Waals surface area contributed by atoms with Crippen LogP contribution in [0.3, 0.4) is 0 Å². The Morgan fingerprint density at radius 3 is 1.69 bits per heavy atom. The van der Waals surface area contributed by atoms with Crippen LogP contribution in [0.25, 0.3) is 0 Å². The van der Waals surface area contributed by atoms with Crippen molar-refractivity contribution in [2.24, 2.45) is 0 Å². The van der Waals surface area contributed by atoms with Crippen molar-refractivity contribution in [3.63, 3.8) is 0 Å². The van der Waals surface area contributed by atoms with Crippen molar-refractivity contribution in [1.82, 2.24) is 0 Å². The molecular weight excluding hydrogens is 212 g/mol. The largest absolute Gasteiger partial charge is 0.462 e. The van der Waals surface area contributed by atoms with E-state index in [0.29, 0.717) is 5.57 Å². The Kier molecular flexibility index (Phi) is 6.07. The lowest BCUT2D eigenvalue weighted by atomic mass is 10.1. The molecule has 0 saturated heterocycles. The third-order valence-corrected chi connectivity index (χ3v) is 1.67. The summed E-state index contributed by atoms with van der Waals surface area (Å²) in [6.07, 6.45) is 0. The standard InChI is InChI=1S/C11H16O5/c1-5-15-10(13)8(7(3)4)9(12)11(14)16-6-2/h5-6H2,1-4H3. The zero-order valence-corrected chi connectivity index (χ0v) is 9.96. The molecule has 0 atom stereocenters. The van der Waals surface area contributed by atoms with Crippen molar-refractivity contribution in [2.45, 2.75) is 27.7 Å². The van der Waals surface area contributed by atoms with Gasteiger partial charge in [0.15, 0.2) is 0 Å². The first-order valence-corrected chi connectivity index (χ1v) is 5.01. The highest BCUT2D eigenvalue weighted by atomic mass is 16.5. The third-order valence-electron chi connectivity index (χ3n) is 1.67.